The first-order chi connectivity index (χ1) is 6.14. The van der Waals surface area contributed by atoms with Crippen molar-refractivity contribution >= 4 is 5.78 Å². The van der Waals surface area contributed by atoms with Gasteiger partial charge in [0.2, 0.25) is 0 Å². The van der Waals surface area contributed by atoms with Crippen molar-refractivity contribution in [2.24, 2.45) is 10.8 Å². The van der Waals surface area contributed by atoms with Crippen LogP contribution in [-0.2, 0) is 4.79 Å². The molecule has 0 amide bonds. The average Bonchev–Trinajstić information content (AvgIpc) is 2.26. The molecule has 0 saturated carbocycles. The van der Waals surface area contributed by atoms with Gasteiger partial charge >= 0.3 is 0 Å². The van der Waals surface area contributed by atoms with Crippen molar-refractivity contribution < 1.29 is 4.79 Å². The summed E-state index contributed by atoms with van der Waals surface area (Å²) in [4.78, 5) is 12.1. The van der Waals surface area contributed by atoms with Gasteiger partial charge in [0, 0.05) is 11.1 Å². The highest BCUT2D eigenvalue weighted by Crippen LogP contribution is 2.38. The molecule has 0 aromatic rings. The van der Waals surface area contributed by atoms with Crippen molar-refractivity contribution in [2.75, 3.05) is 0 Å². The van der Waals surface area contributed by atoms with Crippen LogP contribution in [0.3, 0.4) is 0 Å². The topological polar surface area (TPSA) is 17.1 Å². The molecule has 0 spiro atoms. The van der Waals surface area contributed by atoms with Crippen molar-refractivity contribution in [3.8, 4) is 0 Å². The average molecular weight is 192 g/mol. The van der Waals surface area contributed by atoms with E-state index in [-0.39, 0.29) is 16.6 Å². The number of carbonyl (C=O) groups is 1. The summed E-state index contributed by atoms with van der Waals surface area (Å²) in [5.74, 6) is 0.227. The second-order valence-electron chi connectivity index (χ2n) is 5.99. The van der Waals surface area contributed by atoms with E-state index >= 15 is 0 Å². The molecule has 0 unspecified atom stereocenters. The van der Waals surface area contributed by atoms with Crippen LogP contribution in [-0.4, -0.2) is 5.78 Å². The Balaban J connectivity index is 2.96. The molecule has 0 bridgehead atoms. The molecule has 1 rings (SSSR count). The van der Waals surface area contributed by atoms with Crippen molar-refractivity contribution in [1.82, 2.24) is 0 Å². The largest absolute Gasteiger partial charge is 0.289 e. The zero-order valence-electron chi connectivity index (χ0n) is 10.1. The van der Waals surface area contributed by atoms with Gasteiger partial charge in [0.25, 0.3) is 0 Å². The summed E-state index contributed by atoms with van der Waals surface area (Å²) in [5.41, 5.74) is 1.78. The van der Waals surface area contributed by atoms with Gasteiger partial charge < -0.3 is 0 Å². The minimum Gasteiger partial charge on any atom is -0.289 e. The van der Waals surface area contributed by atoms with Gasteiger partial charge in [-0.3, -0.25) is 4.79 Å². The first-order valence-corrected chi connectivity index (χ1v) is 5.11. The first kappa shape index (κ1) is 11.2. The zero-order valence-corrected chi connectivity index (χ0v) is 10.1. The van der Waals surface area contributed by atoms with Crippen LogP contribution in [0.2, 0.25) is 0 Å². The monoisotopic (exact) mass is 192 g/mol. The van der Waals surface area contributed by atoms with Gasteiger partial charge in [0.1, 0.15) is 0 Å². The Hall–Kier alpha value is -0.850. The molecule has 0 saturated heterocycles. The lowest BCUT2D eigenvalue weighted by molar-refractivity contribution is -0.113. The Morgan fingerprint density at radius 3 is 1.21 bits per heavy atom. The van der Waals surface area contributed by atoms with Crippen molar-refractivity contribution in [3.63, 3.8) is 0 Å². The van der Waals surface area contributed by atoms with Gasteiger partial charge in [0.05, 0.1) is 0 Å². The van der Waals surface area contributed by atoms with E-state index in [4.69, 9.17) is 0 Å². The van der Waals surface area contributed by atoms with E-state index in [1.165, 1.54) is 0 Å². The van der Waals surface area contributed by atoms with Gasteiger partial charge in [-0.25, -0.2) is 0 Å². The summed E-state index contributed by atoms with van der Waals surface area (Å²) in [6.07, 6.45) is 3.95. The maximum atomic E-state index is 12.1. The molecule has 1 nitrogen and oxygen atoms in total. The molecular formula is C13H20O. The number of ketones is 1. The first-order valence-electron chi connectivity index (χ1n) is 5.11. The van der Waals surface area contributed by atoms with Gasteiger partial charge in [-0.15, -0.1) is 0 Å². The molecule has 0 aromatic heterocycles. The number of Topliss-reactive ketones (excluding diaryl/α,β-unsaturated/α-hetero) is 1. The minimum absolute atomic E-state index is 0.0411. The second kappa shape index (κ2) is 3.08. The van der Waals surface area contributed by atoms with E-state index in [9.17, 15) is 4.79 Å². The van der Waals surface area contributed by atoms with Crippen LogP contribution in [0.1, 0.15) is 41.5 Å². The third kappa shape index (κ3) is 1.97. The Morgan fingerprint density at radius 2 is 1.07 bits per heavy atom. The number of hydrogen-bond acceptors (Lipinski definition) is 1. The summed E-state index contributed by atoms with van der Waals surface area (Å²) < 4.78 is 0. The molecule has 0 fully saturated rings. The summed E-state index contributed by atoms with van der Waals surface area (Å²) in [6.45, 7) is 12.5. The van der Waals surface area contributed by atoms with Crippen LogP contribution in [0.4, 0.5) is 0 Å². The smallest absolute Gasteiger partial charge is 0.186 e. The minimum atomic E-state index is -0.0411. The lowest BCUT2D eigenvalue weighted by atomic mass is 9.79. The second-order valence-corrected chi connectivity index (χ2v) is 5.99. The Bertz CT molecular complexity index is 284. The normalized spacial score (nSPS) is 18.3. The lowest BCUT2D eigenvalue weighted by Gasteiger charge is -2.24. The van der Waals surface area contributed by atoms with Crippen LogP contribution in [0.15, 0.2) is 23.3 Å². The highest BCUT2D eigenvalue weighted by atomic mass is 16.1. The highest BCUT2D eigenvalue weighted by Gasteiger charge is 2.33. The van der Waals surface area contributed by atoms with Gasteiger partial charge in [-0.1, -0.05) is 53.7 Å². The third-order valence-corrected chi connectivity index (χ3v) is 2.52. The molecule has 0 atom stereocenters. The fourth-order valence-electron chi connectivity index (χ4n) is 1.64. The summed E-state index contributed by atoms with van der Waals surface area (Å²) in [6, 6.07) is 0. The van der Waals surface area contributed by atoms with Crippen molar-refractivity contribution in [3.05, 3.63) is 23.3 Å². The maximum Gasteiger partial charge on any atom is 0.186 e. The van der Waals surface area contributed by atoms with Crippen molar-refractivity contribution in [2.45, 2.75) is 41.5 Å². The number of carbonyl (C=O) groups excluding carboxylic acids is 1. The molecule has 14 heavy (non-hydrogen) atoms. The van der Waals surface area contributed by atoms with E-state index in [0.717, 1.165) is 11.1 Å². The van der Waals surface area contributed by atoms with E-state index in [1.54, 1.807) is 0 Å². The predicted octanol–water partition coefficient (Wildman–Crippen LogP) is 3.51. The fourth-order valence-corrected chi connectivity index (χ4v) is 1.64. The van der Waals surface area contributed by atoms with E-state index in [2.05, 4.69) is 41.5 Å². The Kier molecular flexibility index (Phi) is 2.47. The number of hydrogen-bond donors (Lipinski definition) is 0. The summed E-state index contributed by atoms with van der Waals surface area (Å²) in [5, 5.41) is 0. The quantitative estimate of drug-likeness (QED) is 0.574. The molecule has 0 heterocycles. The van der Waals surface area contributed by atoms with E-state index in [0.29, 0.717) is 0 Å². The van der Waals surface area contributed by atoms with Crippen LogP contribution < -0.4 is 0 Å². The molecule has 0 aromatic carbocycles. The highest BCUT2D eigenvalue weighted by molar-refractivity contribution is 6.12. The van der Waals surface area contributed by atoms with E-state index < -0.39 is 0 Å². The standard InChI is InChI=1S/C13H20O/c1-12(2,3)9-7-8-10(11(9)14)13(4,5)6/h7-8H,1-6H3. The summed E-state index contributed by atoms with van der Waals surface area (Å²) >= 11 is 0. The van der Waals surface area contributed by atoms with Crippen LogP contribution in [0.25, 0.3) is 0 Å². The molecule has 1 aliphatic rings. The number of rotatable bonds is 0. The molecule has 0 aliphatic heterocycles. The predicted molar refractivity (Wildman–Crippen MR) is 60.1 cm³/mol. The maximum absolute atomic E-state index is 12.1. The van der Waals surface area contributed by atoms with E-state index in [1.807, 2.05) is 12.2 Å². The molecule has 0 radical (unpaired) electrons. The van der Waals surface area contributed by atoms with Crippen LogP contribution >= 0.6 is 0 Å². The molecule has 1 heteroatoms. The molecule has 0 N–H and O–H groups in total. The number of allylic oxidation sites excluding steroid dienone is 4. The SMILES string of the molecule is CC(C)(C)C1=CC=C(C(C)(C)C)C1=O. The zero-order chi connectivity index (χ0) is 11.1. The van der Waals surface area contributed by atoms with Crippen LogP contribution in [0, 0.1) is 10.8 Å². The van der Waals surface area contributed by atoms with Gasteiger partial charge in [-0.05, 0) is 10.8 Å². The fraction of sp³-hybridized carbons (Fsp3) is 0.615. The molecule has 78 valence electrons. The third-order valence-electron chi connectivity index (χ3n) is 2.52. The van der Waals surface area contributed by atoms with Gasteiger partial charge in [-0.2, -0.15) is 0 Å². The van der Waals surface area contributed by atoms with Crippen LogP contribution in [0.5, 0.6) is 0 Å². The molecular weight excluding hydrogens is 172 g/mol. The van der Waals surface area contributed by atoms with Crippen molar-refractivity contribution in [1.29, 1.82) is 0 Å². The van der Waals surface area contributed by atoms with Gasteiger partial charge in [0.15, 0.2) is 5.78 Å². The molecule has 1 aliphatic carbocycles. The Morgan fingerprint density at radius 1 is 0.786 bits per heavy atom. The Labute approximate surface area is 86.9 Å². The summed E-state index contributed by atoms with van der Waals surface area (Å²) in [7, 11) is 0. The lowest BCUT2D eigenvalue weighted by Crippen LogP contribution is -2.22.